The average molecular weight is 356 g/mol. The highest BCUT2D eigenvalue weighted by Gasteiger charge is 2.40. The Morgan fingerprint density at radius 2 is 2.15 bits per heavy atom. The van der Waals surface area contributed by atoms with E-state index in [9.17, 15) is 9.18 Å². The molecule has 1 saturated heterocycles. The summed E-state index contributed by atoms with van der Waals surface area (Å²) in [6.45, 7) is 3.64. The van der Waals surface area contributed by atoms with E-state index < -0.39 is 5.82 Å². The normalized spacial score (nSPS) is 20.6. The minimum absolute atomic E-state index is 0.0320. The Kier molecular flexibility index (Phi) is 3.99. The highest BCUT2D eigenvalue weighted by Crippen LogP contribution is 2.35. The number of hydrogen-bond acceptors (Lipinski definition) is 5. The van der Waals surface area contributed by atoms with Crippen molar-refractivity contribution in [3.05, 3.63) is 41.3 Å². The van der Waals surface area contributed by atoms with Gasteiger partial charge in [-0.15, -0.1) is 0 Å². The number of nitrogens with two attached hydrogens (primary N) is 1. The molecule has 136 valence electrons. The first-order valence-corrected chi connectivity index (χ1v) is 8.61. The van der Waals surface area contributed by atoms with Crippen molar-refractivity contribution in [1.29, 1.82) is 0 Å². The molecule has 0 radical (unpaired) electrons. The van der Waals surface area contributed by atoms with Crippen LogP contribution in [0.4, 0.5) is 26.6 Å². The number of nitrogens with zero attached hydrogens (tertiary/aromatic N) is 5. The van der Waals surface area contributed by atoms with E-state index in [-0.39, 0.29) is 24.6 Å². The molecule has 1 aromatic heterocycles. The first kappa shape index (κ1) is 16.7. The van der Waals surface area contributed by atoms with Crippen molar-refractivity contribution >= 4 is 23.5 Å². The molecule has 3 heterocycles. The van der Waals surface area contributed by atoms with Gasteiger partial charge in [-0.3, -0.25) is 9.80 Å². The molecule has 2 aliphatic rings. The summed E-state index contributed by atoms with van der Waals surface area (Å²) < 4.78 is 14.5. The van der Waals surface area contributed by atoms with Crippen LogP contribution in [0.25, 0.3) is 0 Å². The number of rotatable bonds is 2. The molecule has 4 rings (SSSR count). The van der Waals surface area contributed by atoms with E-state index in [1.54, 1.807) is 30.2 Å². The number of likely N-dealkylation sites (tertiary alicyclic amines) is 1. The lowest BCUT2D eigenvalue weighted by atomic mass is 10.1. The van der Waals surface area contributed by atoms with Gasteiger partial charge < -0.3 is 10.6 Å². The van der Waals surface area contributed by atoms with E-state index >= 15 is 0 Å². The van der Waals surface area contributed by atoms with Gasteiger partial charge in [0.05, 0.1) is 18.3 Å². The maximum atomic E-state index is 14.5. The van der Waals surface area contributed by atoms with Crippen LogP contribution in [0, 0.1) is 12.7 Å². The molecular formula is C18H21FN6O. The molecule has 1 aromatic carbocycles. The van der Waals surface area contributed by atoms with Crippen LogP contribution in [-0.4, -0.2) is 47.1 Å². The van der Waals surface area contributed by atoms with Gasteiger partial charge in [0.1, 0.15) is 11.6 Å². The summed E-state index contributed by atoms with van der Waals surface area (Å²) in [5, 5.41) is 0. The van der Waals surface area contributed by atoms with Crippen LogP contribution in [0.5, 0.6) is 0 Å². The second-order valence-corrected chi connectivity index (χ2v) is 6.93. The fourth-order valence-corrected chi connectivity index (χ4v) is 3.78. The number of likely N-dealkylation sites (N-methyl/N-ethyl adjacent to an activating group) is 1. The molecule has 2 N–H and O–H groups in total. The number of nitrogen functional groups attached to an aromatic ring is 1. The molecule has 0 saturated carbocycles. The van der Waals surface area contributed by atoms with E-state index in [1.807, 2.05) is 7.05 Å². The van der Waals surface area contributed by atoms with Crippen LogP contribution >= 0.6 is 0 Å². The van der Waals surface area contributed by atoms with Crippen molar-refractivity contribution in [1.82, 2.24) is 14.9 Å². The van der Waals surface area contributed by atoms with E-state index in [0.717, 1.165) is 25.1 Å². The molecule has 26 heavy (non-hydrogen) atoms. The number of fused-ring (bicyclic) bond motifs is 1. The number of para-hydroxylation sites is 1. The van der Waals surface area contributed by atoms with E-state index in [0.29, 0.717) is 17.1 Å². The highest BCUT2D eigenvalue weighted by molar-refractivity contribution is 6.06. The number of anilines is 3. The lowest BCUT2D eigenvalue weighted by Crippen LogP contribution is -2.53. The van der Waals surface area contributed by atoms with Gasteiger partial charge in [-0.25, -0.2) is 14.2 Å². The number of urea groups is 1. The molecule has 0 spiro atoms. The summed E-state index contributed by atoms with van der Waals surface area (Å²) in [7, 11) is 2.02. The lowest BCUT2D eigenvalue weighted by molar-refractivity contribution is 0.247. The molecule has 0 bridgehead atoms. The minimum Gasteiger partial charge on any atom is -0.368 e. The van der Waals surface area contributed by atoms with Crippen molar-refractivity contribution in [3.63, 3.8) is 0 Å². The summed E-state index contributed by atoms with van der Waals surface area (Å²) in [4.78, 5) is 27.0. The van der Waals surface area contributed by atoms with Crippen molar-refractivity contribution in [3.8, 4) is 0 Å². The number of aromatic nitrogens is 2. The van der Waals surface area contributed by atoms with Crippen molar-refractivity contribution < 1.29 is 9.18 Å². The molecule has 0 aliphatic carbocycles. The van der Waals surface area contributed by atoms with Crippen LogP contribution in [0.1, 0.15) is 17.5 Å². The Bertz CT molecular complexity index is 853. The van der Waals surface area contributed by atoms with Gasteiger partial charge in [0.25, 0.3) is 0 Å². The predicted octanol–water partition coefficient (Wildman–Crippen LogP) is 2.16. The Balaban J connectivity index is 1.83. The average Bonchev–Trinajstić information content (AvgIpc) is 3.01. The molecule has 7 nitrogen and oxygen atoms in total. The maximum Gasteiger partial charge on any atom is 0.330 e. The standard InChI is InChI=1S/C18H21FN6O/c1-11-4-3-5-14(19)15(11)24-9-12-8-21-17(20)22-16(12)25(18(24)26)13-6-7-23(2)10-13/h3-5,8,13H,6-7,9-10H2,1-2H3,(H2,20,21,22)/t13-/m1/s1. The number of amides is 2. The van der Waals surface area contributed by atoms with Gasteiger partial charge in [-0.1, -0.05) is 12.1 Å². The first-order chi connectivity index (χ1) is 12.5. The van der Waals surface area contributed by atoms with Gasteiger partial charge in [0.15, 0.2) is 0 Å². The molecular weight excluding hydrogens is 335 g/mol. The number of aryl methyl sites for hydroxylation is 1. The zero-order chi connectivity index (χ0) is 18.4. The first-order valence-electron chi connectivity index (χ1n) is 8.61. The van der Waals surface area contributed by atoms with Crippen molar-refractivity contribution in [2.24, 2.45) is 0 Å². The summed E-state index contributed by atoms with van der Waals surface area (Å²) in [5.74, 6) is 0.248. The van der Waals surface area contributed by atoms with Crippen LogP contribution in [0.15, 0.2) is 24.4 Å². The third kappa shape index (κ3) is 2.66. The molecule has 1 atom stereocenters. The molecule has 2 aromatic rings. The maximum absolute atomic E-state index is 14.5. The number of halogens is 1. The van der Waals surface area contributed by atoms with Crippen LogP contribution < -0.4 is 15.5 Å². The number of carbonyl (C=O) groups is 1. The second-order valence-electron chi connectivity index (χ2n) is 6.93. The SMILES string of the molecule is Cc1cccc(F)c1N1Cc2cnc(N)nc2N([C@@H]2CCN(C)C2)C1=O. The summed E-state index contributed by atoms with van der Waals surface area (Å²) in [6.07, 6.45) is 2.45. The van der Waals surface area contributed by atoms with E-state index in [4.69, 9.17) is 5.73 Å². The zero-order valence-corrected chi connectivity index (χ0v) is 14.8. The largest absolute Gasteiger partial charge is 0.368 e. The topological polar surface area (TPSA) is 78.6 Å². The molecule has 2 aliphatic heterocycles. The molecule has 0 unspecified atom stereocenters. The van der Waals surface area contributed by atoms with E-state index in [1.165, 1.54) is 11.0 Å². The quantitative estimate of drug-likeness (QED) is 0.892. The number of carbonyl (C=O) groups excluding carboxylic acids is 1. The molecule has 2 amide bonds. The Labute approximate surface area is 151 Å². The van der Waals surface area contributed by atoms with Gasteiger partial charge in [-0.2, -0.15) is 4.98 Å². The number of hydrogen-bond donors (Lipinski definition) is 1. The van der Waals surface area contributed by atoms with Gasteiger partial charge >= 0.3 is 6.03 Å². The lowest BCUT2D eigenvalue weighted by Gasteiger charge is -2.39. The second kappa shape index (κ2) is 6.21. The van der Waals surface area contributed by atoms with E-state index in [2.05, 4.69) is 14.9 Å². The Morgan fingerprint density at radius 3 is 2.85 bits per heavy atom. The molecule has 8 heteroatoms. The Morgan fingerprint density at radius 1 is 1.35 bits per heavy atom. The third-order valence-electron chi connectivity index (χ3n) is 5.04. The van der Waals surface area contributed by atoms with Crippen molar-refractivity contribution in [2.45, 2.75) is 25.9 Å². The number of benzene rings is 1. The van der Waals surface area contributed by atoms with Crippen LogP contribution in [0.2, 0.25) is 0 Å². The summed E-state index contributed by atoms with van der Waals surface area (Å²) >= 11 is 0. The van der Waals surface area contributed by atoms with Crippen LogP contribution in [-0.2, 0) is 6.54 Å². The summed E-state index contributed by atoms with van der Waals surface area (Å²) in [5.41, 5.74) is 7.54. The fraction of sp³-hybridized carbons (Fsp3) is 0.389. The van der Waals surface area contributed by atoms with Gasteiger partial charge in [0.2, 0.25) is 5.95 Å². The fourth-order valence-electron chi connectivity index (χ4n) is 3.78. The van der Waals surface area contributed by atoms with Crippen LogP contribution in [0.3, 0.4) is 0 Å². The Hall–Kier alpha value is -2.74. The highest BCUT2D eigenvalue weighted by atomic mass is 19.1. The smallest absolute Gasteiger partial charge is 0.330 e. The zero-order valence-electron chi connectivity index (χ0n) is 14.8. The predicted molar refractivity (Wildman–Crippen MR) is 97.5 cm³/mol. The summed E-state index contributed by atoms with van der Waals surface area (Å²) in [6, 6.07) is 4.51. The van der Waals surface area contributed by atoms with Gasteiger partial charge in [0, 0.05) is 18.3 Å². The molecule has 1 fully saturated rings. The monoisotopic (exact) mass is 356 g/mol. The third-order valence-corrected chi connectivity index (χ3v) is 5.04. The van der Waals surface area contributed by atoms with Crippen molar-refractivity contribution in [2.75, 3.05) is 35.7 Å². The minimum atomic E-state index is -0.415. The van der Waals surface area contributed by atoms with Gasteiger partial charge in [-0.05, 0) is 38.6 Å².